The third kappa shape index (κ3) is 4.44. The number of hydrogen-bond acceptors (Lipinski definition) is 2. The van der Waals surface area contributed by atoms with Crippen LogP contribution in [0.25, 0.3) is 42.4 Å². The fraction of sp³-hybridized carbons (Fsp3) is 0. The van der Waals surface area contributed by atoms with Gasteiger partial charge in [-0.15, -0.1) is 11.3 Å². The van der Waals surface area contributed by atoms with Gasteiger partial charge in [-0.2, -0.15) is 0 Å². The predicted octanol–water partition coefficient (Wildman–Crippen LogP) is 11.6. The van der Waals surface area contributed by atoms with E-state index in [9.17, 15) is 0 Å². The summed E-state index contributed by atoms with van der Waals surface area (Å²) >= 11 is 5.75. The van der Waals surface area contributed by atoms with Gasteiger partial charge in [-0.25, -0.2) is 0 Å². The van der Waals surface area contributed by atoms with E-state index in [0.717, 1.165) is 21.5 Å². The Bertz CT molecular complexity index is 1910. The molecule has 0 saturated heterocycles. The maximum absolute atomic E-state index is 3.92. The van der Waals surface area contributed by atoms with E-state index in [1.807, 2.05) is 11.3 Å². The molecule has 0 saturated carbocycles. The van der Waals surface area contributed by atoms with E-state index in [0.29, 0.717) is 0 Å². The van der Waals surface area contributed by atoms with Gasteiger partial charge in [-0.05, 0) is 80.6 Å². The fourth-order valence-electron chi connectivity index (χ4n) is 5.32. The molecule has 0 atom stereocenters. The summed E-state index contributed by atoms with van der Waals surface area (Å²) in [5.41, 5.74) is 8.20. The number of anilines is 3. The zero-order chi connectivity index (χ0) is 26.2. The third-order valence-corrected chi connectivity index (χ3v) is 9.23. The van der Waals surface area contributed by atoms with Crippen LogP contribution in [0.15, 0.2) is 150 Å². The van der Waals surface area contributed by atoms with Gasteiger partial charge in [0.2, 0.25) is 0 Å². The molecule has 0 aliphatic rings. The summed E-state index contributed by atoms with van der Waals surface area (Å²) in [4.78, 5) is 2.36. The predicted molar refractivity (Wildman–Crippen MR) is 173 cm³/mol. The molecule has 0 aliphatic carbocycles. The average Bonchev–Trinajstić information content (AvgIpc) is 3.38. The van der Waals surface area contributed by atoms with Gasteiger partial charge >= 0.3 is 0 Å². The van der Waals surface area contributed by atoms with E-state index in [-0.39, 0.29) is 0 Å². The van der Waals surface area contributed by atoms with Gasteiger partial charge in [0, 0.05) is 41.7 Å². The zero-order valence-corrected chi connectivity index (χ0v) is 23.5. The van der Waals surface area contributed by atoms with Gasteiger partial charge in [0.1, 0.15) is 0 Å². The normalized spacial score (nSPS) is 11.2. The second-order valence-corrected chi connectivity index (χ2v) is 11.4. The molecule has 0 radical (unpaired) electrons. The van der Waals surface area contributed by atoms with Crippen molar-refractivity contribution in [3.8, 4) is 22.3 Å². The molecule has 3 heteroatoms. The van der Waals surface area contributed by atoms with Crippen LogP contribution in [0.5, 0.6) is 0 Å². The van der Waals surface area contributed by atoms with E-state index < -0.39 is 0 Å². The lowest BCUT2D eigenvalue weighted by Gasteiger charge is -2.27. The SMILES string of the molecule is Brc1cc(N(c2ccccc2)c2ccc(-c3ccccc3)c(-c3ccccc3)c2)cc2c1sc1ccccc12. The van der Waals surface area contributed by atoms with E-state index in [1.165, 1.54) is 42.4 Å². The number of nitrogens with zero attached hydrogens (tertiary/aromatic N) is 1. The minimum atomic E-state index is 1.11. The number of fused-ring (bicyclic) bond motifs is 3. The lowest BCUT2D eigenvalue weighted by Crippen LogP contribution is -2.10. The Hall–Kier alpha value is -4.18. The van der Waals surface area contributed by atoms with Crippen LogP contribution >= 0.6 is 27.3 Å². The van der Waals surface area contributed by atoms with Gasteiger partial charge in [-0.1, -0.05) is 103 Å². The number of para-hydroxylation sites is 1. The van der Waals surface area contributed by atoms with Crippen LogP contribution in [0.2, 0.25) is 0 Å². The Morgan fingerprint density at radius 2 is 1.08 bits per heavy atom. The third-order valence-electron chi connectivity index (χ3n) is 7.12. The summed E-state index contributed by atoms with van der Waals surface area (Å²) in [6.45, 7) is 0. The van der Waals surface area contributed by atoms with Crippen molar-refractivity contribution in [1.82, 2.24) is 0 Å². The molecule has 1 heterocycles. The van der Waals surface area contributed by atoms with Gasteiger partial charge in [-0.3, -0.25) is 0 Å². The van der Waals surface area contributed by atoms with Gasteiger partial charge in [0.15, 0.2) is 0 Å². The maximum atomic E-state index is 3.92. The van der Waals surface area contributed by atoms with Crippen molar-refractivity contribution in [1.29, 1.82) is 0 Å². The minimum Gasteiger partial charge on any atom is -0.310 e. The molecule has 1 aromatic heterocycles. The highest BCUT2D eigenvalue weighted by atomic mass is 79.9. The first kappa shape index (κ1) is 23.9. The molecule has 0 fully saturated rings. The number of halogens is 1. The fourth-order valence-corrected chi connectivity index (χ4v) is 7.10. The quantitative estimate of drug-likeness (QED) is 0.195. The van der Waals surface area contributed by atoms with Crippen LogP contribution in [-0.4, -0.2) is 0 Å². The monoisotopic (exact) mass is 581 g/mol. The number of benzene rings is 6. The molecule has 0 N–H and O–H groups in total. The summed E-state index contributed by atoms with van der Waals surface area (Å²) in [5.74, 6) is 0. The van der Waals surface area contributed by atoms with Crippen molar-refractivity contribution >= 4 is 64.5 Å². The Morgan fingerprint density at radius 1 is 0.462 bits per heavy atom. The molecular weight excluding hydrogens is 558 g/mol. The molecule has 39 heavy (non-hydrogen) atoms. The van der Waals surface area contributed by atoms with Crippen LogP contribution in [0.3, 0.4) is 0 Å². The van der Waals surface area contributed by atoms with E-state index in [2.05, 4.69) is 166 Å². The first-order valence-corrected chi connectivity index (χ1v) is 14.6. The smallest absolute Gasteiger partial charge is 0.0499 e. The van der Waals surface area contributed by atoms with Crippen LogP contribution in [0, 0.1) is 0 Å². The second kappa shape index (κ2) is 10.2. The average molecular weight is 583 g/mol. The van der Waals surface area contributed by atoms with Crippen molar-refractivity contribution < 1.29 is 0 Å². The molecule has 7 rings (SSSR count). The summed E-state index contributed by atoms with van der Waals surface area (Å²) in [5, 5.41) is 2.56. The molecule has 1 nitrogen and oxygen atoms in total. The minimum absolute atomic E-state index is 1.11. The first-order valence-electron chi connectivity index (χ1n) is 13.0. The van der Waals surface area contributed by atoms with E-state index in [4.69, 9.17) is 0 Å². The molecule has 186 valence electrons. The molecule has 0 aliphatic heterocycles. The van der Waals surface area contributed by atoms with E-state index in [1.54, 1.807) is 0 Å². The standard InChI is InChI=1S/C36H24BrNS/c37-34-24-29(23-33-31-18-10-11-19-35(31)39-36(33)34)38(27-16-8-3-9-17-27)28-20-21-30(25-12-4-1-5-13-25)32(22-28)26-14-6-2-7-15-26/h1-24H. The lowest BCUT2D eigenvalue weighted by molar-refractivity contribution is 1.29. The molecule has 0 amide bonds. The summed E-state index contributed by atoms with van der Waals surface area (Å²) < 4.78 is 3.69. The zero-order valence-electron chi connectivity index (χ0n) is 21.1. The highest BCUT2D eigenvalue weighted by Crippen LogP contribution is 2.45. The maximum Gasteiger partial charge on any atom is 0.0499 e. The largest absolute Gasteiger partial charge is 0.310 e. The highest BCUT2D eigenvalue weighted by Gasteiger charge is 2.18. The van der Waals surface area contributed by atoms with Crippen LogP contribution in [-0.2, 0) is 0 Å². The number of thiophene rings is 1. The van der Waals surface area contributed by atoms with Crippen molar-refractivity contribution in [3.05, 3.63) is 150 Å². The molecule has 7 aromatic rings. The Balaban J connectivity index is 1.47. The summed E-state index contributed by atoms with van der Waals surface area (Å²) in [6.07, 6.45) is 0. The van der Waals surface area contributed by atoms with Crippen molar-refractivity contribution in [3.63, 3.8) is 0 Å². The van der Waals surface area contributed by atoms with E-state index >= 15 is 0 Å². The lowest BCUT2D eigenvalue weighted by atomic mass is 9.93. The molecule has 0 spiro atoms. The second-order valence-electron chi connectivity index (χ2n) is 9.54. The highest BCUT2D eigenvalue weighted by molar-refractivity contribution is 9.10. The molecular formula is C36H24BrNS. The number of hydrogen-bond donors (Lipinski definition) is 0. The van der Waals surface area contributed by atoms with Crippen molar-refractivity contribution in [2.75, 3.05) is 4.90 Å². The molecule has 6 aromatic carbocycles. The van der Waals surface area contributed by atoms with Crippen LogP contribution in [0.1, 0.15) is 0 Å². The first-order chi connectivity index (χ1) is 19.3. The van der Waals surface area contributed by atoms with Crippen LogP contribution < -0.4 is 4.90 Å². The molecule has 0 bridgehead atoms. The van der Waals surface area contributed by atoms with Crippen molar-refractivity contribution in [2.45, 2.75) is 0 Å². The summed E-state index contributed by atoms with van der Waals surface area (Å²) in [6, 6.07) is 52.0. The number of rotatable bonds is 5. The molecule has 0 unspecified atom stereocenters. The Kier molecular flexibility index (Phi) is 6.24. The van der Waals surface area contributed by atoms with Gasteiger partial charge in [0.25, 0.3) is 0 Å². The Labute approximate surface area is 240 Å². The van der Waals surface area contributed by atoms with Crippen molar-refractivity contribution in [2.24, 2.45) is 0 Å². The topological polar surface area (TPSA) is 3.24 Å². The van der Waals surface area contributed by atoms with Crippen LogP contribution in [0.4, 0.5) is 17.1 Å². The summed E-state index contributed by atoms with van der Waals surface area (Å²) in [7, 11) is 0. The van der Waals surface area contributed by atoms with Gasteiger partial charge < -0.3 is 4.90 Å². The Morgan fingerprint density at radius 3 is 1.79 bits per heavy atom. The van der Waals surface area contributed by atoms with Gasteiger partial charge in [0.05, 0.1) is 0 Å².